The molecule has 0 aromatic rings. The van der Waals surface area contributed by atoms with Crippen LogP contribution in [0, 0.1) is 0 Å². The summed E-state index contributed by atoms with van der Waals surface area (Å²) >= 11 is 0. The van der Waals surface area contributed by atoms with Crippen molar-refractivity contribution in [3.63, 3.8) is 0 Å². The van der Waals surface area contributed by atoms with Gasteiger partial charge in [-0.15, -0.1) is 0 Å². The van der Waals surface area contributed by atoms with Crippen LogP contribution >= 0.6 is 0 Å². The van der Waals surface area contributed by atoms with Crippen molar-refractivity contribution in [2.45, 2.75) is 297 Å². The molecule has 4 N–H and O–H groups in total. The molecule has 0 radical (unpaired) electrons. The Morgan fingerprint density at radius 1 is 0.293 bits per heavy atom. The fraction of sp³-hybridized carbons (Fsp3) is 0.963. The molecule has 0 saturated carbocycles. The molecule has 0 bridgehead atoms. The minimum Gasteiger partial charge on any atom is -0.548 e. The van der Waals surface area contributed by atoms with Gasteiger partial charge in [0.25, 0.3) is 0 Å². The van der Waals surface area contributed by atoms with Gasteiger partial charge in [-0.05, 0) is 25.7 Å². The molecule has 0 saturated heterocycles. The van der Waals surface area contributed by atoms with Gasteiger partial charge in [0.05, 0.1) is 47.0 Å². The standard InChI is InChI=1S/2C27H56N2O6S2.Ba/c2*1-3-5-7-9-11-13-15-17-19-21-23-36(32,33)28-25-26(27(30)31)29-37(34,35)24-22-20-18-16-14-12-10-8-6-4-2;/h2*26,28-29H,3-25H2,1-2H3,(H,30,31);/q;;+2/p-2. The number of carbonyl (C=O) groups excluding carboxylic acids is 2. The Kier molecular flexibility index (Phi) is 56.6. The maximum atomic E-state index is 12.3. The first-order chi connectivity index (χ1) is 35.3. The third-order valence-corrected chi connectivity index (χ3v) is 19.1. The van der Waals surface area contributed by atoms with Crippen LogP contribution in [0.1, 0.15) is 285 Å². The normalized spacial score (nSPS) is 13.0. The molecule has 444 valence electrons. The van der Waals surface area contributed by atoms with Crippen molar-refractivity contribution in [1.82, 2.24) is 18.9 Å². The SMILES string of the molecule is CCCCCCCCCCCCS(=O)(=O)NCC(NS(=O)(=O)CCCCCCCCCCCC)C(=O)[O-].CCCCCCCCCCCCS(=O)(=O)NCC(NS(=O)(=O)CCCCCCCCCCCC)C(=O)[O-].[Ba+2]. The van der Waals surface area contributed by atoms with Gasteiger partial charge in [-0.3, -0.25) is 0 Å². The van der Waals surface area contributed by atoms with E-state index >= 15 is 0 Å². The molecular formula is C54H110BaN4O12S4. The molecule has 75 heavy (non-hydrogen) atoms. The van der Waals surface area contributed by atoms with Gasteiger partial charge < -0.3 is 19.8 Å². The summed E-state index contributed by atoms with van der Waals surface area (Å²) in [6, 6.07) is -3.26. The van der Waals surface area contributed by atoms with Gasteiger partial charge in [-0.1, -0.05) is 259 Å². The average Bonchev–Trinajstić information content (AvgIpc) is 3.34. The van der Waals surface area contributed by atoms with Crippen molar-refractivity contribution < 1.29 is 53.5 Å². The van der Waals surface area contributed by atoms with Crippen LogP contribution in [0.3, 0.4) is 0 Å². The first-order valence-electron chi connectivity index (χ1n) is 29.6. The first kappa shape index (κ1) is 79.4. The van der Waals surface area contributed by atoms with Crippen molar-refractivity contribution in [3.05, 3.63) is 0 Å². The Morgan fingerprint density at radius 3 is 0.627 bits per heavy atom. The smallest absolute Gasteiger partial charge is 0.548 e. The van der Waals surface area contributed by atoms with Crippen LogP contribution in [-0.2, 0) is 49.7 Å². The molecule has 0 rings (SSSR count). The maximum Gasteiger partial charge on any atom is 2.00 e. The van der Waals surface area contributed by atoms with Crippen molar-refractivity contribution in [2.24, 2.45) is 0 Å². The Hall–Kier alpha value is 0.151. The van der Waals surface area contributed by atoms with E-state index < -0.39 is 77.2 Å². The second-order valence-corrected chi connectivity index (χ2v) is 28.3. The molecular weight excluding hydrogens is 1160 g/mol. The summed E-state index contributed by atoms with van der Waals surface area (Å²) in [7, 11) is -15.1. The van der Waals surface area contributed by atoms with Crippen LogP contribution in [-0.4, -0.2) is 143 Å². The van der Waals surface area contributed by atoms with E-state index in [4.69, 9.17) is 0 Å². The van der Waals surface area contributed by atoms with E-state index in [0.717, 1.165) is 89.9 Å². The molecule has 0 fully saturated rings. The van der Waals surface area contributed by atoms with Gasteiger partial charge in [0.1, 0.15) is 0 Å². The molecule has 2 unspecified atom stereocenters. The van der Waals surface area contributed by atoms with E-state index in [0.29, 0.717) is 25.7 Å². The fourth-order valence-corrected chi connectivity index (χ4v) is 13.5. The molecule has 0 amide bonds. The topological polar surface area (TPSA) is 265 Å². The van der Waals surface area contributed by atoms with Crippen LogP contribution < -0.4 is 29.1 Å². The summed E-state index contributed by atoms with van der Waals surface area (Å²) < 4.78 is 107. The molecule has 0 heterocycles. The van der Waals surface area contributed by atoms with Gasteiger partial charge in [0.15, 0.2) is 0 Å². The molecule has 0 aromatic carbocycles. The zero-order valence-corrected chi connectivity index (χ0v) is 55.6. The minimum absolute atomic E-state index is 0. The maximum absolute atomic E-state index is 12.3. The second-order valence-electron chi connectivity index (χ2n) is 20.7. The number of hydrogen-bond acceptors (Lipinski definition) is 12. The van der Waals surface area contributed by atoms with Crippen molar-refractivity contribution in [2.75, 3.05) is 36.1 Å². The molecule has 0 aliphatic rings. The van der Waals surface area contributed by atoms with Gasteiger partial charge in [0, 0.05) is 13.1 Å². The van der Waals surface area contributed by atoms with E-state index in [1.807, 2.05) is 0 Å². The minimum atomic E-state index is -3.84. The van der Waals surface area contributed by atoms with E-state index in [1.54, 1.807) is 0 Å². The molecule has 0 aliphatic heterocycles. The monoisotopic (exact) mass is 1270 g/mol. The predicted molar refractivity (Wildman–Crippen MR) is 308 cm³/mol. The van der Waals surface area contributed by atoms with Crippen molar-refractivity contribution in [3.8, 4) is 0 Å². The Balaban J connectivity index is -0.00000136. The summed E-state index contributed by atoms with van der Waals surface area (Å²) in [5.41, 5.74) is 0. The third kappa shape index (κ3) is 57.2. The molecule has 0 spiro atoms. The molecule has 0 aliphatic carbocycles. The van der Waals surface area contributed by atoms with Gasteiger partial charge in [-0.25, -0.2) is 52.6 Å². The zero-order chi connectivity index (χ0) is 55.7. The number of nitrogens with one attached hydrogen (secondary N) is 4. The number of rotatable bonds is 56. The number of aliphatic carboxylic acids is 2. The van der Waals surface area contributed by atoms with E-state index in [9.17, 15) is 53.5 Å². The summed E-state index contributed by atoms with van der Waals surface area (Å²) in [5, 5.41) is 22.8. The number of carbonyl (C=O) groups is 2. The van der Waals surface area contributed by atoms with E-state index in [2.05, 4.69) is 46.6 Å². The molecule has 21 heteroatoms. The molecule has 16 nitrogen and oxygen atoms in total. The van der Waals surface area contributed by atoms with Crippen LogP contribution in [0.5, 0.6) is 0 Å². The van der Waals surface area contributed by atoms with Crippen LogP contribution in [0.2, 0.25) is 0 Å². The number of carboxylic acids is 2. The third-order valence-electron chi connectivity index (χ3n) is 13.3. The van der Waals surface area contributed by atoms with Gasteiger partial charge in [-0.2, -0.15) is 0 Å². The Morgan fingerprint density at radius 2 is 0.453 bits per heavy atom. The summed E-state index contributed by atoms with van der Waals surface area (Å²) in [4.78, 5) is 22.8. The average molecular weight is 1270 g/mol. The first-order valence-corrected chi connectivity index (χ1v) is 36.2. The molecule has 2 atom stereocenters. The quantitative estimate of drug-likeness (QED) is 0.0328. The van der Waals surface area contributed by atoms with Gasteiger partial charge >= 0.3 is 48.9 Å². The molecule has 0 aromatic heterocycles. The summed E-state index contributed by atoms with van der Waals surface area (Å²) in [6.45, 7) is 7.66. The number of unbranched alkanes of at least 4 members (excludes halogenated alkanes) is 36. The summed E-state index contributed by atoms with van der Waals surface area (Å²) in [5.74, 6) is -3.86. The fourth-order valence-electron chi connectivity index (χ4n) is 8.58. The van der Waals surface area contributed by atoms with Gasteiger partial charge in [0.2, 0.25) is 40.1 Å². The van der Waals surface area contributed by atoms with Crippen molar-refractivity contribution >= 4 is 101 Å². The Labute approximate surface area is 501 Å². The van der Waals surface area contributed by atoms with E-state index in [-0.39, 0.29) is 71.9 Å². The van der Waals surface area contributed by atoms with Crippen LogP contribution in [0.15, 0.2) is 0 Å². The second kappa shape index (κ2) is 53.5. The zero-order valence-electron chi connectivity index (χ0n) is 47.9. The number of carboxylic acid groups (broad SMARTS) is 2. The number of hydrogen-bond donors (Lipinski definition) is 4. The Bertz CT molecular complexity index is 1650. The van der Waals surface area contributed by atoms with Crippen LogP contribution in [0.4, 0.5) is 0 Å². The predicted octanol–water partition coefficient (Wildman–Crippen LogP) is 9.19. The largest absolute Gasteiger partial charge is 2.00 e. The van der Waals surface area contributed by atoms with Crippen LogP contribution in [0.25, 0.3) is 0 Å². The van der Waals surface area contributed by atoms with Crippen molar-refractivity contribution in [1.29, 1.82) is 0 Å². The summed E-state index contributed by atoms with van der Waals surface area (Å²) in [6.07, 6.45) is 42.8. The van der Waals surface area contributed by atoms with E-state index in [1.165, 1.54) is 141 Å². The number of sulfonamides is 4.